The fourth-order valence-electron chi connectivity index (χ4n) is 2.12. The van der Waals surface area contributed by atoms with Gasteiger partial charge in [-0.1, -0.05) is 48.5 Å². The van der Waals surface area contributed by atoms with Crippen molar-refractivity contribution in [1.29, 1.82) is 0 Å². The van der Waals surface area contributed by atoms with Gasteiger partial charge in [-0.25, -0.2) is 8.42 Å². The van der Waals surface area contributed by atoms with Crippen LogP contribution in [0.2, 0.25) is 5.02 Å². The summed E-state index contributed by atoms with van der Waals surface area (Å²) < 4.78 is 26.2. The number of hydrogen-bond donors (Lipinski definition) is 1. The van der Waals surface area contributed by atoms with E-state index < -0.39 is 22.0 Å². The number of aromatic nitrogens is 2. The van der Waals surface area contributed by atoms with E-state index in [1.165, 1.54) is 30.0 Å². The van der Waals surface area contributed by atoms with Crippen molar-refractivity contribution in [3.63, 3.8) is 0 Å². The number of sulfonamides is 1. The Labute approximate surface area is 166 Å². The molecular weight excluding hydrogens is 416 g/mol. The minimum atomic E-state index is -3.69. The zero-order chi connectivity index (χ0) is 19.5. The van der Waals surface area contributed by atoms with Gasteiger partial charge in [-0.3, -0.25) is 14.4 Å². The number of nitrogens with one attached hydrogen (secondary N) is 1. The van der Waals surface area contributed by atoms with Crippen LogP contribution in [-0.4, -0.2) is 42.1 Å². The zero-order valence-corrected chi connectivity index (χ0v) is 17.8. The molecule has 1 N–H and O–H groups in total. The van der Waals surface area contributed by atoms with E-state index in [-0.39, 0.29) is 0 Å². The predicted molar refractivity (Wildman–Crippen MR) is 108 cm³/mol. The Balaban J connectivity index is 2.19. The van der Waals surface area contributed by atoms with Crippen LogP contribution in [0, 0.1) is 0 Å². The quantitative estimate of drug-likeness (QED) is 0.529. The summed E-state index contributed by atoms with van der Waals surface area (Å²) in [5, 5.41) is 11.7. The summed E-state index contributed by atoms with van der Waals surface area (Å²) in [7, 11) is -3.69. The van der Waals surface area contributed by atoms with Crippen molar-refractivity contribution in [3.8, 4) is 0 Å². The van der Waals surface area contributed by atoms with E-state index in [4.69, 9.17) is 11.6 Å². The molecule has 0 aliphatic carbocycles. The molecule has 1 heterocycles. The van der Waals surface area contributed by atoms with Crippen LogP contribution < -0.4 is 9.62 Å². The number of rotatable bonds is 7. The molecule has 0 spiro atoms. The molecule has 1 atom stereocenters. The molecule has 142 valence electrons. The largest absolute Gasteiger partial charge is 0.299 e. The predicted octanol–water partition coefficient (Wildman–Crippen LogP) is 3.49. The Morgan fingerprint density at radius 2 is 1.85 bits per heavy atom. The molecule has 0 saturated carbocycles. The van der Waals surface area contributed by atoms with E-state index in [0.717, 1.165) is 14.9 Å². The number of thioether (sulfide) groups is 1. The van der Waals surface area contributed by atoms with Gasteiger partial charge in [0.15, 0.2) is 4.34 Å². The highest BCUT2D eigenvalue weighted by Crippen LogP contribution is 2.29. The lowest BCUT2D eigenvalue weighted by atomic mass is 10.2. The molecule has 0 bridgehead atoms. The minimum absolute atomic E-state index is 0.328. The molecule has 7 nitrogen and oxygen atoms in total. The average molecular weight is 435 g/mol. The topological polar surface area (TPSA) is 92.3 Å². The summed E-state index contributed by atoms with van der Waals surface area (Å²) >= 11 is 8.64. The van der Waals surface area contributed by atoms with Crippen LogP contribution >= 0.6 is 34.7 Å². The minimum Gasteiger partial charge on any atom is -0.299 e. The second-order valence-electron chi connectivity index (χ2n) is 5.74. The summed E-state index contributed by atoms with van der Waals surface area (Å²) in [4.78, 5) is 12.6. The molecule has 0 aliphatic heterocycles. The van der Waals surface area contributed by atoms with Gasteiger partial charge in [-0.2, -0.15) is 0 Å². The molecule has 2 rings (SSSR count). The summed E-state index contributed by atoms with van der Waals surface area (Å²) in [6.07, 6.45) is 1.05. The van der Waals surface area contributed by atoms with Gasteiger partial charge in [-0.15, -0.1) is 10.2 Å². The van der Waals surface area contributed by atoms with Crippen molar-refractivity contribution in [3.05, 3.63) is 29.3 Å². The van der Waals surface area contributed by atoms with E-state index in [1.807, 2.05) is 13.8 Å². The molecular formula is C15H19ClN4O3S3. The van der Waals surface area contributed by atoms with Gasteiger partial charge >= 0.3 is 0 Å². The second kappa shape index (κ2) is 8.55. The lowest BCUT2D eigenvalue weighted by Gasteiger charge is -2.27. The van der Waals surface area contributed by atoms with E-state index in [1.54, 1.807) is 24.3 Å². The standard InChI is InChI=1S/C15H19ClN4O3S3/c1-9(2)24-15-19-18-14(25-15)17-13(21)10(3)20(26(4,22)23)12-7-5-11(16)6-8-12/h5-10H,1-4H3,(H,17,18,21). The Kier molecular flexibility index (Phi) is 6.89. The summed E-state index contributed by atoms with van der Waals surface area (Å²) in [6, 6.07) is 5.27. The average Bonchev–Trinajstić information content (AvgIpc) is 2.94. The van der Waals surface area contributed by atoms with E-state index in [2.05, 4.69) is 15.5 Å². The molecule has 11 heteroatoms. The highest BCUT2D eigenvalue weighted by Gasteiger charge is 2.29. The van der Waals surface area contributed by atoms with Gasteiger partial charge < -0.3 is 0 Å². The monoisotopic (exact) mass is 434 g/mol. The van der Waals surface area contributed by atoms with Gasteiger partial charge in [0, 0.05) is 10.3 Å². The van der Waals surface area contributed by atoms with Crippen LogP contribution in [0.25, 0.3) is 0 Å². The zero-order valence-electron chi connectivity index (χ0n) is 14.6. The fourth-order valence-corrected chi connectivity index (χ4v) is 5.40. The Morgan fingerprint density at radius 1 is 1.23 bits per heavy atom. The first kappa shape index (κ1) is 20.9. The third-order valence-electron chi connectivity index (χ3n) is 3.14. The molecule has 0 fully saturated rings. The first-order valence-corrected chi connectivity index (χ1v) is 11.6. The maximum atomic E-state index is 12.6. The van der Waals surface area contributed by atoms with Crippen molar-refractivity contribution in [1.82, 2.24) is 10.2 Å². The maximum Gasteiger partial charge on any atom is 0.249 e. The van der Waals surface area contributed by atoms with Crippen LogP contribution in [0.15, 0.2) is 28.6 Å². The first-order chi connectivity index (χ1) is 12.1. The highest BCUT2D eigenvalue weighted by atomic mass is 35.5. The van der Waals surface area contributed by atoms with Crippen LogP contribution in [0.4, 0.5) is 10.8 Å². The molecule has 2 aromatic rings. The lowest BCUT2D eigenvalue weighted by molar-refractivity contribution is -0.116. The smallest absolute Gasteiger partial charge is 0.249 e. The Bertz CT molecular complexity index is 869. The number of halogens is 1. The van der Waals surface area contributed by atoms with Gasteiger partial charge in [0.2, 0.25) is 21.1 Å². The van der Waals surface area contributed by atoms with Gasteiger partial charge in [0.1, 0.15) is 6.04 Å². The highest BCUT2D eigenvalue weighted by molar-refractivity contribution is 8.01. The molecule has 0 radical (unpaired) electrons. The molecule has 1 unspecified atom stereocenters. The third-order valence-corrected chi connectivity index (χ3v) is 6.56. The van der Waals surface area contributed by atoms with Gasteiger partial charge in [-0.05, 0) is 31.2 Å². The van der Waals surface area contributed by atoms with Crippen molar-refractivity contribution in [2.75, 3.05) is 15.9 Å². The molecule has 1 aromatic carbocycles. The van der Waals surface area contributed by atoms with E-state index >= 15 is 0 Å². The fraction of sp³-hybridized carbons (Fsp3) is 0.400. The van der Waals surface area contributed by atoms with Gasteiger partial charge in [0.05, 0.1) is 11.9 Å². The van der Waals surface area contributed by atoms with E-state index in [0.29, 0.717) is 21.1 Å². The molecule has 0 saturated heterocycles. The summed E-state index contributed by atoms with van der Waals surface area (Å²) in [5.74, 6) is -0.498. The van der Waals surface area contributed by atoms with Crippen molar-refractivity contribution in [2.24, 2.45) is 0 Å². The lowest BCUT2D eigenvalue weighted by Crippen LogP contribution is -2.45. The molecule has 26 heavy (non-hydrogen) atoms. The number of carbonyl (C=O) groups excluding carboxylic acids is 1. The summed E-state index contributed by atoms with van der Waals surface area (Å²) in [6.45, 7) is 5.57. The van der Waals surface area contributed by atoms with Crippen LogP contribution in [0.1, 0.15) is 20.8 Å². The number of hydrogen-bond acceptors (Lipinski definition) is 7. The third kappa shape index (κ3) is 5.57. The second-order valence-corrected chi connectivity index (χ2v) is 10.8. The number of amides is 1. The maximum absolute atomic E-state index is 12.6. The van der Waals surface area contributed by atoms with Gasteiger partial charge in [0.25, 0.3) is 0 Å². The van der Waals surface area contributed by atoms with Crippen LogP contribution in [-0.2, 0) is 14.8 Å². The Hall–Kier alpha value is -1.36. The number of anilines is 2. The van der Waals surface area contributed by atoms with Crippen molar-refractivity contribution >= 4 is 61.4 Å². The normalized spacial score (nSPS) is 12.8. The van der Waals surface area contributed by atoms with Crippen molar-refractivity contribution in [2.45, 2.75) is 36.4 Å². The Morgan fingerprint density at radius 3 is 2.38 bits per heavy atom. The number of carbonyl (C=O) groups is 1. The molecule has 1 amide bonds. The first-order valence-electron chi connectivity index (χ1n) is 7.64. The number of nitrogens with zero attached hydrogens (tertiary/aromatic N) is 3. The molecule has 0 aliphatic rings. The van der Waals surface area contributed by atoms with Crippen LogP contribution in [0.3, 0.4) is 0 Å². The molecule has 1 aromatic heterocycles. The number of benzene rings is 1. The van der Waals surface area contributed by atoms with Crippen LogP contribution in [0.5, 0.6) is 0 Å². The van der Waals surface area contributed by atoms with Crippen molar-refractivity contribution < 1.29 is 13.2 Å². The SMILES string of the molecule is CC(C)Sc1nnc(NC(=O)C(C)N(c2ccc(Cl)cc2)S(C)(=O)=O)s1. The summed E-state index contributed by atoms with van der Waals surface area (Å²) in [5.41, 5.74) is 0.355. The van der Waals surface area contributed by atoms with E-state index in [9.17, 15) is 13.2 Å².